The van der Waals surface area contributed by atoms with Crippen LogP contribution in [0.25, 0.3) is 10.8 Å². The smallest absolute Gasteiger partial charge is 0.124 e. The van der Waals surface area contributed by atoms with Crippen LogP contribution in [0.3, 0.4) is 0 Å². The minimum atomic E-state index is -0.0341. The zero-order valence-corrected chi connectivity index (χ0v) is 11.1. The maximum atomic E-state index is 8.96. The summed E-state index contributed by atoms with van der Waals surface area (Å²) in [5, 5.41) is 14.5. The van der Waals surface area contributed by atoms with Gasteiger partial charge in [0, 0.05) is 24.7 Å². The Balaban J connectivity index is 2.53. The molecule has 0 bridgehead atoms. The Bertz CT molecular complexity index is 543. The van der Waals surface area contributed by atoms with Crippen LogP contribution in [0.5, 0.6) is 5.75 Å². The van der Waals surface area contributed by atoms with Crippen LogP contribution in [0.1, 0.15) is 11.6 Å². The molecule has 0 spiro atoms. The Morgan fingerprint density at radius 3 is 2.74 bits per heavy atom. The zero-order chi connectivity index (χ0) is 13.7. The highest BCUT2D eigenvalue weighted by Crippen LogP contribution is 2.32. The molecule has 0 radical (unpaired) electrons. The Hall–Kier alpha value is -1.62. The quantitative estimate of drug-likeness (QED) is 0.735. The number of methoxy groups -OCH3 is 1. The molecule has 0 aliphatic rings. The number of ether oxygens (including phenoxy) is 1. The van der Waals surface area contributed by atoms with Crippen molar-refractivity contribution in [1.29, 1.82) is 0 Å². The lowest BCUT2D eigenvalue weighted by Crippen LogP contribution is -2.30. The van der Waals surface area contributed by atoms with E-state index in [0.717, 1.165) is 22.1 Å². The molecule has 102 valence electrons. The highest BCUT2D eigenvalue weighted by molar-refractivity contribution is 5.88. The molecule has 0 aliphatic carbocycles. The number of nitrogens with one attached hydrogen (secondary N) is 1. The van der Waals surface area contributed by atoms with E-state index >= 15 is 0 Å². The number of nitrogens with two attached hydrogens (primary N) is 1. The summed E-state index contributed by atoms with van der Waals surface area (Å²) in [5.74, 6) is 0.819. The number of aliphatic hydroxyl groups excluding tert-OH is 1. The van der Waals surface area contributed by atoms with Crippen molar-refractivity contribution in [3.8, 4) is 5.75 Å². The highest BCUT2D eigenvalue weighted by Gasteiger charge is 2.17. The van der Waals surface area contributed by atoms with Gasteiger partial charge in [0.1, 0.15) is 5.75 Å². The molecule has 2 aromatic rings. The summed E-state index contributed by atoms with van der Waals surface area (Å²) in [6, 6.07) is 12.1. The Labute approximate surface area is 113 Å². The monoisotopic (exact) mass is 260 g/mol. The summed E-state index contributed by atoms with van der Waals surface area (Å²) < 4.78 is 5.46. The van der Waals surface area contributed by atoms with Gasteiger partial charge in [0.2, 0.25) is 0 Å². The number of fused-ring (bicyclic) bond motifs is 1. The van der Waals surface area contributed by atoms with Gasteiger partial charge in [-0.05, 0) is 16.8 Å². The van der Waals surface area contributed by atoms with Crippen LogP contribution in [-0.2, 0) is 0 Å². The molecule has 0 saturated heterocycles. The molecule has 0 saturated carbocycles. The third-order valence-electron chi connectivity index (χ3n) is 3.24. The van der Waals surface area contributed by atoms with Gasteiger partial charge in [-0.3, -0.25) is 0 Å². The number of hydrogen-bond acceptors (Lipinski definition) is 4. The van der Waals surface area contributed by atoms with Gasteiger partial charge in [-0.15, -0.1) is 0 Å². The summed E-state index contributed by atoms with van der Waals surface area (Å²) in [6.45, 7) is 1.04. The summed E-state index contributed by atoms with van der Waals surface area (Å²) in [5.41, 5.74) is 6.91. The van der Waals surface area contributed by atoms with Crippen LogP contribution < -0.4 is 15.8 Å². The molecule has 4 heteroatoms. The molecule has 0 aliphatic heterocycles. The first kappa shape index (κ1) is 13.8. The van der Waals surface area contributed by atoms with E-state index < -0.39 is 0 Å². The molecule has 19 heavy (non-hydrogen) atoms. The van der Waals surface area contributed by atoms with E-state index in [4.69, 9.17) is 15.6 Å². The molecule has 0 heterocycles. The number of aliphatic hydroxyl groups is 1. The van der Waals surface area contributed by atoms with Crippen molar-refractivity contribution in [3.63, 3.8) is 0 Å². The van der Waals surface area contributed by atoms with Gasteiger partial charge >= 0.3 is 0 Å². The fourth-order valence-corrected chi connectivity index (χ4v) is 2.36. The summed E-state index contributed by atoms with van der Waals surface area (Å²) in [7, 11) is 1.66. The van der Waals surface area contributed by atoms with Crippen LogP contribution in [0.15, 0.2) is 36.4 Å². The number of benzene rings is 2. The van der Waals surface area contributed by atoms with Crippen LogP contribution >= 0.6 is 0 Å². The van der Waals surface area contributed by atoms with Gasteiger partial charge < -0.3 is 20.9 Å². The van der Waals surface area contributed by atoms with Gasteiger partial charge in [-0.1, -0.05) is 30.3 Å². The van der Waals surface area contributed by atoms with E-state index in [9.17, 15) is 0 Å². The van der Waals surface area contributed by atoms with Crippen molar-refractivity contribution in [2.24, 2.45) is 5.73 Å². The molecule has 4 N–H and O–H groups in total. The fraction of sp³-hybridized carbons (Fsp3) is 0.333. The Kier molecular flexibility index (Phi) is 4.74. The first-order valence-corrected chi connectivity index (χ1v) is 6.41. The van der Waals surface area contributed by atoms with Gasteiger partial charge in [0.15, 0.2) is 0 Å². The summed E-state index contributed by atoms with van der Waals surface area (Å²) in [4.78, 5) is 0. The minimum absolute atomic E-state index is 0.0341. The SMILES string of the molecule is COc1ccc2ccccc2c1C(CN)NCCO. The van der Waals surface area contributed by atoms with E-state index in [1.54, 1.807) is 7.11 Å². The van der Waals surface area contributed by atoms with Crippen molar-refractivity contribution in [1.82, 2.24) is 5.32 Å². The second-order valence-electron chi connectivity index (χ2n) is 4.37. The van der Waals surface area contributed by atoms with Gasteiger partial charge in [-0.25, -0.2) is 0 Å². The molecular weight excluding hydrogens is 240 g/mol. The Morgan fingerprint density at radius 2 is 2.05 bits per heavy atom. The first-order valence-electron chi connectivity index (χ1n) is 6.41. The molecule has 2 aromatic carbocycles. The number of hydrogen-bond donors (Lipinski definition) is 3. The predicted molar refractivity (Wildman–Crippen MR) is 77.4 cm³/mol. The van der Waals surface area contributed by atoms with E-state index in [1.807, 2.05) is 24.3 Å². The van der Waals surface area contributed by atoms with Crippen molar-refractivity contribution >= 4 is 10.8 Å². The third-order valence-corrected chi connectivity index (χ3v) is 3.24. The van der Waals surface area contributed by atoms with Crippen LogP contribution in [0.4, 0.5) is 0 Å². The lowest BCUT2D eigenvalue weighted by Gasteiger charge is -2.21. The lowest BCUT2D eigenvalue weighted by atomic mass is 9.97. The van der Waals surface area contributed by atoms with Gasteiger partial charge in [-0.2, -0.15) is 0 Å². The van der Waals surface area contributed by atoms with E-state index in [2.05, 4.69) is 17.4 Å². The van der Waals surface area contributed by atoms with Crippen molar-refractivity contribution in [2.45, 2.75) is 6.04 Å². The predicted octanol–water partition coefficient (Wildman–Crippen LogP) is 1.43. The van der Waals surface area contributed by atoms with E-state index in [-0.39, 0.29) is 12.6 Å². The highest BCUT2D eigenvalue weighted by atomic mass is 16.5. The van der Waals surface area contributed by atoms with Crippen LogP contribution in [0.2, 0.25) is 0 Å². The van der Waals surface area contributed by atoms with Gasteiger partial charge in [0.05, 0.1) is 13.7 Å². The van der Waals surface area contributed by atoms with Crippen molar-refractivity contribution in [3.05, 3.63) is 42.0 Å². The molecule has 2 rings (SSSR count). The molecule has 0 aromatic heterocycles. The second-order valence-corrected chi connectivity index (χ2v) is 4.37. The maximum absolute atomic E-state index is 8.96. The van der Waals surface area contributed by atoms with Crippen LogP contribution in [-0.4, -0.2) is 31.9 Å². The van der Waals surface area contributed by atoms with Gasteiger partial charge in [0.25, 0.3) is 0 Å². The first-order chi connectivity index (χ1) is 9.31. The molecular formula is C15H20N2O2. The van der Waals surface area contributed by atoms with Crippen molar-refractivity contribution in [2.75, 3.05) is 26.8 Å². The van der Waals surface area contributed by atoms with E-state index in [1.165, 1.54) is 0 Å². The standard InChI is InChI=1S/C15H20N2O2/c1-19-14-7-6-11-4-2-3-5-12(11)15(14)13(10-16)17-8-9-18/h2-7,13,17-18H,8-10,16H2,1H3. The van der Waals surface area contributed by atoms with E-state index in [0.29, 0.717) is 13.1 Å². The van der Waals surface area contributed by atoms with Crippen molar-refractivity contribution < 1.29 is 9.84 Å². The molecule has 0 fully saturated rings. The third kappa shape index (κ3) is 2.87. The summed E-state index contributed by atoms with van der Waals surface area (Å²) >= 11 is 0. The Morgan fingerprint density at radius 1 is 1.26 bits per heavy atom. The zero-order valence-electron chi connectivity index (χ0n) is 11.1. The molecule has 1 unspecified atom stereocenters. The maximum Gasteiger partial charge on any atom is 0.124 e. The number of rotatable bonds is 6. The topological polar surface area (TPSA) is 67.5 Å². The largest absolute Gasteiger partial charge is 0.496 e. The summed E-state index contributed by atoms with van der Waals surface area (Å²) in [6.07, 6.45) is 0. The lowest BCUT2D eigenvalue weighted by molar-refractivity contribution is 0.284. The molecule has 1 atom stereocenters. The minimum Gasteiger partial charge on any atom is -0.496 e. The second kappa shape index (κ2) is 6.52. The molecule has 4 nitrogen and oxygen atoms in total. The fourth-order valence-electron chi connectivity index (χ4n) is 2.36. The normalized spacial score (nSPS) is 12.6. The van der Waals surface area contributed by atoms with Crippen LogP contribution in [0, 0.1) is 0 Å². The molecule has 0 amide bonds. The average molecular weight is 260 g/mol. The average Bonchev–Trinajstić information content (AvgIpc) is 2.47.